The first-order valence-electron chi connectivity index (χ1n) is 7.00. The van der Waals surface area contributed by atoms with Crippen molar-refractivity contribution in [1.82, 2.24) is 0 Å². The predicted octanol–water partition coefficient (Wildman–Crippen LogP) is 3.95. The second kappa shape index (κ2) is 8.12. The first kappa shape index (κ1) is 20.3. The summed E-state index contributed by atoms with van der Waals surface area (Å²) in [5.41, 5.74) is -2.08. The van der Waals surface area contributed by atoms with Gasteiger partial charge in [-0.2, -0.15) is 28.8 Å². The minimum atomic E-state index is -4.46. The molecule has 0 radical (unpaired) electrons. The average molecular weight is 410 g/mol. The Hall–Kier alpha value is -3.02. The van der Waals surface area contributed by atoms with Crippen molar-refractivity contribution in [2.24, 2.45) is 5.10 Å². The first-order valence-corrected chi connectivity index (χ1v) is 9.30. The van der Waals surface area contributed by atoms with Crippen LogP contribution in [0.25, 0.3) is 0 Å². The second-order valence-electron chi connectivity index (χ2n) is 4.84. The Labute approximate surface area is 156 Å². The van der Waals surface area contributed by atoms with E-state index in [2.05, 4.69) is 10.5 Å². The molecule has 0 atom stereocenters. The average Bonchev–Trinajstić information content (AvgIpc) is 2.62. The van der Waals surface area contributed by atoms with E-state index in [1.54, 1.807) is 12.1 Å². The van der Waals surface area contributed by atoms with Crippen molar-refractivity contribution in [3.05, 3.63) is 48.5 Å². The van der Waals surface area contributed by atoms with Crippen LogP contribution in [0.15, 0.2) is 68.3 Å². The van der Waals surface area contributed by atoms with Gasteiger partial charge in [-0.3, -0.25) is 5.43 Å². The number of halogens is 3. The maximum absolute atomic E-state index is 12.5. The Balaban J connectivity index is 2.21. The minimum absolute atomic E-state index is 0.0750. The summed E-state index contributed by atoms with van der Waals surface area (Å²) < 4.78 is 62.1. The van der Waals surface area contributed by atoms with Gasteiger partial charge in [-0.15, -0.1) is 0 Å². The Kier molecular flexibility index (Phi) is 6.10. The Bertz CT molecular complexity index is 1020. The van der Waals surface area contributed by atoms with Crippen LogP contribution in [-0.4, -0.2) is 19.6 Å². The van der Waals surface area contributed by atoms with Crippen LogP contribution >= 0.6 is 11.8 Å². The zero-order chi connectivity index (χ0) is 20.1. The summed E-state index contributed by atoms with van der Waals surface area (Å²) in [6.45, 7) is 0. The molecule has 0 saturated heterocycles. The van der Waals surface area contributed by atoms with E-state index in [0.717, 1.165) is 24.3 Å². The summed E-state index contributed by atoms with van der Waals surface area (Å²) in [7, 11) is -3.92. The number of sulfone groups is 1. The number of nitrogens with zero attached hydrogens (tertiary/aromatic N) is 3. The molecular weight excluding hydrogens is 401 g/mol. The molecule has 0 spiro atoms. The number of hydrazone groups is 1. The van der Waals surface area contributed by atoms with E-state index in [9.17, 15) is 21.6 Å². The SMILES string of the molecule is N#CC(C#N)=NNc1ccc(S(=O)(=O)c2ccc(SC(F)(F)F)cc2)cc1. The number of alkyl halides is 3. The molecule has 6 nitrogen and oxygen atoms in total. The molecule has 0 heterocycles. The van der Waals surface area contributed by atoms with Gasteiger partial charge in [-0.05, 0) is 60.3 Å². The fourth-order valence-electron chi connectivity index (χ4n) is 1.86. The number of hydrogen-bond acceptors (Lipinski definition) is 7. The lowest BCUT2D eigenvalue weighted by Crippen LogP contribution is -2.03. The zero-order valence-electron chi connectivity index (χ0n) is 13.2. The van der Waals surface area contributed by atoms with Crippen LogP contribution in [-0.2, 0) is 9.84 Å². The van der Waals surface area contributed by atoms with E-state index in [1.165, 1.54) is 24.3 Å². The lowest BCUT2D eigenvalue weighted by atomic mass is 10.3. The van der Waals surface area contributed by atoms with Crippen LogP contribution in [0, 0.1) is 22.7 Å². The fourth-order valence-corrected chi connectivity index (χ4v) is 3.66. The van der Waals surface area contributed by atoms with E-state index in [0.29, 0.717) is 5.69 Å². The number of anilines is 1. The highest BCUT2D eigenvalue weighted by molar-refractivity contribution is 8.00. The van der Waals surface area contributed by atoms with Crippen LogP contribution in [0.2, 0.25) is 0 Å². The van der Waals surface area contributed by atoms with Crippen molar-refractivity contribution in [2.45, 2.75) is 20.2 Å². The highest BCUT2D eigenvalue weighted by Gasteiger charge is 2.29. The molecule has 2 aromatic carbocycles. The van der Waals surface area contributed by atoms with Crippen molar-refractivity contribution in [2.75, 3.05) is 5.43 Å². The zero-order valence-corrected chi connectivity index (χ0v) is 14.9. The topological polar surface area (TPSA) is 106 Å². The third-order valence-electron chi connectivity index (χ3n) is 3.04. The molecule has 0 saturated carbocycles. The van der Waals surface area contributed by atoms with Gasteiger partial charge in [0, 0.05) is 4.90 Å². The first-order chi connectivity index (χ1) is 12.7. The van der Waals surface area contributed by atoms with Gasteiger partial charge in [0.25, 0.3) is 0 Å². The van der Waals surface area contributed by atoms with E-state index < -0.39 is 21.1 Å². The number of thioether (sulfide) groups is 1. The molecule has 0 fully saturated rings. The number of rotatable bonds is 5. The molecule has 0 amide bonds. The minimum Gasteiger partial charge on any atom is -0.277 e. The molecule has 0 aliphatic rings. The van der Waals surface area contributed by atoms with Crippen molar-refractivity contribution < 1.29 is 21.6 Å². The van der Waals surface area contributed by atoms with Crippen LogP contribution in [0.4, 0.5) is 18.9 Å². The molecule has 0 aromatic heterocycles. The molecule has 11 heteroatoms. The molecule has 1 N–H and O–H groups in total. The van der Waals surface area contributed by atoms with E-state index >= 15 is 0 Å². The van der Waals surface area contributed by atoms with Crippen LogP contribution in [0.3, 0.4) is 0 Å². The van der Waals surface area contributed by atoms with Gasteiger partial charge < -0.3 is 0 Å². The Morgan fingerprint density at radius 2 is 1.44 bits per heavy atom. The van der Waals surface area contributed by atoms with Gasteiger partial charge in [0.1, 0.15) is 12.1 Å². The molecule has 0 bridgehead atoms. The van der Waals surface area contributed by atoms with Gasteiger partial charge in [0.2, 0.25) is 15.5 Å². The smallest absolute Gasteiger partial charge is 0.277 e. The van der Waals surface area contributed by atoms with Crippen molar-refractivity contribution in [1.29, 1.82) is 10.5 Å². The molecule has 27 heavy (non-hydrogen) atoms. The Morgan fingerprint density at radius 3 is 1.89 bits per heavy atom. The van der Waals surface area contributed by atoms with Gasteiger partial charge in [0.05, 0.1) is 15.5 Å². The van der Waals surface area contributed by atoms with Gasteiger partial charge >= 0.3 is 5.51 Å². The van der Waals surface area contributed by atoms with E-state index in [-0.39, 0.29) is 26.4 Å². The van der Waals surface area contributed by atoms with Crippen LogP contribution in [0.1, 0.15) is 0 Å². The highest BCUT2D eigenvalue weighted by Crippen LogP contribution is 2.37. The lowest BCUT2D eigenvalue weighted by molar-refractivity contribution is -0.0328. The molecule has 0 aliphatic carbocycles. The largest absolute Gasteiger partial charge is 0.446 e. The van der Waals surface area contributed by atoms with Crippen LogP contribution in [0.5, 0.6) is 0 Å². The maximum Gasteiger partial charge on any atom is 0.446 e. The lowest BCUT2D eigenvalue weighted by Gasteiger charge is -2.08. The van der Waals surface area contributed by atoms with E-state index in [1.807, 2.05) is 0 Å². The van der Waals surface area contributed by atoms with Crippen molar-refractivity contribution >= 4 is 33.0 Å². The van der Waals surface area contributed by atoms with Gasteiger partial charge in [-0.25, -0.2) is 8.42 Å². The molecule has 2 aromatic rings. The monoisotopic (exact) mass is 410 g/mol. The number of benzene rings is 2. The highest BCUT2D eigenvalue weighted by atomic mass is 32.2. The number of nitriles is 2. The third kappa shape index (κ3) is 5.48. The maximum atomic E-state index is 12.5. The summed E-state index contributed by atoms with van der Waals surface area (Å²) in [6.07, 6.45) is 0. The molecule has 138 valence electrons. The number of hydrogen-bond donors (Lipinski definition) is 1. The summed E-state index contributed by atoms with van der Waals surface area (Å²) in [4.78, 5) is -0.345. The fraction of sp³-hybridized carbons (Fsp3) is 0.0625. The van der Waals surface area contributed by atoms with Crippen LogP contribution < -0.4 is 5.43 Å². The molecule has 2 rings (SSSR count). The van der Waals surface area contributed by atoms with Gasteiger partial charge in [-0.1, -0.05) is 0 Å². The predicted molar refractivity (Wildman–Crippen MR) is 92.5 cm³/mol. The number of nitrogens with one attached hydrogen (secondary N) is 1. The van der Waals surface area contributed by atoms with Crippen molar-refractivity contribution in [3.8, 4) is 12.1 Å². The van der Waals surface area contributed by atoms with Gasteiger partial charge in [0.15, 0.2) is 0 Å². The summed E-state index contributed by atoms with van der Waals surface area (Å²) in [5, 5.41) is 20.7. The molecule has 0 aliphatic heterocycles. The Morgan fingerprint density at radius 1 is 0.963 bits per heavy atom. The molecular formula is C16H9F3N4O2S2. The summed E-state index contributed by atoms with van der Waals surface area (Å²) >= 11 is -0.332. The van der Waals surface area contributed by atoms with E-state index in [4.69, 9.17) is 10.5 Å². The second-order valence-corrected chi connectivity index (χ2v) is 7.93. The molecule has 0 unspecified atom stereocenters. The third-order valence-corrected chi connectivity index (χ3v) is 5.57. The summed E-state index contributed by atoms with van der Waals surface area (Å²) in [6, 6.07) is 12.8. The van der Waals surface area contributed by atoms with Crippen molar-refractivity contribution in [3.63, 3.8) is 0 Å². The quantitative estimate of drug-likeness (QED) is 0.455. The summed E-state index contributed by atoms with van der Waals surface area (Å²) in [5.74, 6) is 0. The normalized spacial score (nSPS) is 11.1. The standard InChI is InChI=1S/C16H9F3N4O2S2/c17-16(18,19)26-13-3-7-15(8-4-13)27(24,25)14-5-1-11(2-6-14)22-23-12(9-20)10-21/h1-8,22H.